The Hall–Kier alpha value is -3.62. The fourth-order valence-corrected chi connectivity index (χ4v) is 2.13. The van der Waals surface area contributed by atoms with Crippen LogP contribution in [0, 0.1) is 10.1 Å². The Kier molecular flexibility index (Phi) is 6.54. The fraction of sp³-hybridized carbons (Fsp3) is 0.263. The molecule has 0 spiro atoms. The van der Waals surface area contributed by atoms with E-state index in [4.69, 9.17) is 9.47 Å². The SMILES string of the molecule is CC(C)(C)OC(=O)Nc1cccc(CNC(=O)Oc2ccc([N+](=O)[O-])cc2)c1. The number of carbonyl (C=O) groups excluding carboxylic acids is 2. The monoisotopic (exact) mass is 387 g/mol. The van der Waals surface area contributed by atoms with E-state index in [9.17, 15) is 19.7 Å². The van der Waals surface area contributed by atoms with Crippen molar-refractivity contribution in [3.63, 3.8) is 0 Å². The van der Waals surface area contributed by atoms with Gasteiger partial charge in [0, 0.05) is 24.4 Å². The third kappa shape index (κ3) is 6.94. The van der Waals surface area contributed by atoms with Gasteiger partial charge in [0.2, 0.25) is 0 Å². The molecular weight excluding hydrogens is 366 g/mol. The van der Waals surface area contributed by atoms with Gasteiger partial charge in [-0.05, 0) is 50.6 Å². The van der Waals surface area contributed by atoms with Gasteiger partial charge in [-0.1, -0.05) is 12.1 Å². The van der Waals surface area contributed by atoms with Gasteiger partial charge < -0.3 is 14.8 Å². The predicted octanol–water partition coefficient (Wildman–Crippen LogP) is 4.23. The van der Waals surface area contributed by atoms with Gasteiger partial charge in [0.15, 0.2) is 0 Å². The largest absolute Gasteiger partial charge is 0.444 e. The van der Waals surface area contributed by atoms with E-state index in [1.165, 1.54) is 24.3 Å². The number of nitrogens with zero attached hydrogens (tertiary/aromatic N) is 1. The molecule has 0 saturated heterocycles. The van der Waals surface area contributed by atoms with Crippen LogP contribution in [-0.2, 0) is 11.3 Å². The molecule has 0 aliphatic heterocycles. The number of hydrogen-bond acceptors (Lipinski definition) is 6. The second-order valence-corrected chi connectivity index (χ2v) is 6.82. The van der Waals surface area contributed by atoms with Crippen molar-refractivity contribution in [2.24, 2.45) is 0 Å². The summed E-state index contributed by atoms with van der Waals surface area (Å²) in [5.41, 5.74) is 0.554. The van der Waals surface area contributed by atoms with Crippen LogP contribution in [0.15, 0.2) is 48.5 Å². The summed E-state index contributed by atoms with van der Waals surface area (Å²) < 4.78 is 10.2. The highest BCUT2D eigenvalue weighted by Gasteiger charge is 2.16. The molecule has 2 N–H and O–H groups in total. The number of non-ortho nitro benzene ring substituents is 1. The van der Waals surface area contributed by atoms with E-state index in [0.29, 0.717) is 5.69 Å². The van der Waals surface area contributed by atoms with Crippen LogP contribution in [0.25, 0.3) is 0 Å². The Morgan fingerprint density at radius 1 is 1.07 bits per heavy atom. The average Bonchev–Trinajstić information content (AvgIpc) is 2.59. The van der Waals surface area contributed by atoms with Crippen LogP contribution in [0.4, 0.5) is 21.0 Å². The second-order valence-electron chi connectivity index (χ2n) is 6.82. The summed E-state index contributed by atoms with van der Waals surface area (Å²) >= 11 is 0. The molecular formula is C19H21N3O6. The van der Waals surface area contributed by atoms with Crippen molar-refractivity contribution in [2.75, 3.05) is 5.32 Å². The minimum atomic E-state index is -0.709. The van der Waals surface area contributed by atoms with Crippen molar-refractivity contribution in [3.05, 3.63) is 64.2 Å². The maximum Gasteiger partial charge on any atom is 0.412 e. The van der Waals surface area contributed by atoms with Crippen LogP contribution in [-0.4, -0.2) is 22.7 Å². The quantitative estimate of drug-likeness (QED) is 0.585. The molecule has 2 aromatic rings. The summed E-state index contributed by atoms with van der Waals surface area (Å²) in [6, 6.07) is 12.0. The maximum atomic E-state index is 11.9. The Morgan fingerprint density at radius 3 is 2.36 bits per heavy atom. The van der Waals surface area contributed by atoms with Crippen molar-refractivity contribution in [3.8, 4) is 5.75 Å². The third-order valence-electron chi connectivity index (χ3n) is 3.27. The van der Waals surface area contributed by atoms with E-state index < -0.39 is 22.7 Å². The maximum absolute atomic E-state index is 11.9. The van der Waals surface area contributed by atoms with Crippen molar-refractivity contribution < 1.29 is 24.0 Å². The number of nitrogens with one attached hydrogen (secondary N) is 2. The molecule has 0 aliphatic rings. The van der Waals surface area contributed by atoms with Crippen LogP contribution in [0.5, 0.6) is 5.75 Å². The van der Waals surface area contributed by atoms with E-state index in [1.807, 2.05) is 0 Å². The predicted molar refractivity (Wildman–Crippen MR) is 102 cm³/mol. The molecule has 0 unspecified atom stereocenters. The molecule has 2 rings (SSSR count). The van der Waals surface area contributed by atoms with Gasteiger partial charge in [0.25, 0.3) is 5.69 Å². The Morgan fingerprint density at radius 2 is 1.75 bits per heavy atom. The number of benzene rings is 2. The number of nitro groups is 1. The van der Waals surface area contributed by atoms with E-state index >= 15 is 0 Å². The fourth-order valence-electron chi connectivity index (χ4n) is 2.13. The lowest BCUT2D eigenvalue weighted by Gasteiger charge is -2.19. The van der Waals surface area contributed by atoms with Gasteiger partial charge in [-0.25, -0.2) is 9.59 Å². The summed E-state index contributed by atoms with van der Waals surface area (Å²) in [6.45, 7) is 5.46. The van der Waals surface area contributed by atoms with Crippen molar-refractivity contribution in [2.45, 2.75) is 32.9 Å². The van der Waals surface area contributed by atoms with Crippen LogP contribution in [0.1, 0.15) is 26.3 Å². The van der Waals surface area contributed by atoms with Crippen molar-refractivity contribution in [1.82, 2.24) is 5.32 Å². The van der Waals surface area contributed by atoms with Crippen molar-refractivity contribution >= 4 is 23.6 Å². The second kappa shape index (κ2) is 8.85. The molecule has 9 heteroatoms. The van der Waals surface area contributed by atoms with Gasteiger partial charge in [0.1, 0.15) is 11.4 Å². The Bertz CT molecular complexity index is 859. The lowest BCUT2D eigenvalue weighted by molar-refractivity contribution is -0.384. The lowest BCUT2D eigenvalue weighted by Crippen LogP contribution is -2.27. The van der Waals surface area contributed by atoms with Gasteiger partial charge in [-0.2, -0.15) is 0 Å². The standard InChI is InChI=1S/C19H21N3O6/c1-19(2,3)28-18(24)21-14-6-4-5-13(11-14)12-20-17(23)27-16-9-7-15(8-10-16)22(25)26/h4-11H,12H2,1-3H3,(H,20,23)(H,21,24). The molecule has 0 aromatic heterocycles. The first-order valence-corrected chi connectivity index (χ1v) is 8.41. The average molecular weight is 387 g/mol. The first-order valence-electron chi connectivity index (χ1n) is 8.41. The highest BCUT2D eigenvalue weighted by atomic mass is 16.6. The Labute approximate surface area is 161 Å². The molecule has 0 aliphatic carbocycles. The lowest BCUT2D eigenvalue weighted by atomic mass is 10.2. The topological polar surface area (TPSA) is 120 Å². The molecule has 0 heterocycles. The van der Waals surface area contributed by atoms with Gasteiger partial charge in [-0.15, -0.1) is 0 Å². The molecule has 0 atom stereocenters. The summed E-state index contributed by atoms with van der Waals surface area (Å²) in [4.78, 5) is 33.7. The number of rotatable bonds is 5. The summed E-state index contributed by atoms with van der Waals surface area (Å²) in [7, 11) is 0. The molecule has 0 fully saturated rings. The third-order valence-corrected chi connectivity index (χ3v) is 3.27. The zero-order valence-corrected chi connectivity index (χ0v) is 15.7. The van der Waals surface area contributed by atoms with E-state index in [2.05, 4.69) is 10.6 Å². The van der Waals surface area contributed by atoms with E-state index in [1.54, 1.807) is 45.0 Å². The molecule has 0 radical (unpaired) electrons. The first-order chi connectivity index (χ1) is 13.1. The highest BCUT2D eigenvalue weighted by Crippen LogP contribution is 2.17. The number of nitro benzene ring substituents is 1. The minimum absolute atomic E-state index is 0.0953. The zero-order valence-electron chi connectivity index (χ0n) is 15.7. The number of anilines is 1. The number of carbonyl (C=O) groups is 2. The normalized spacial score (nSPS) is 10.7. The molecule has 148 valence electrons. The van der Waals surface area contributed by atoms with Crippen LogP contribution in [0.2, 0.25) is 0 Å². The van der Waals surface area contributed by atoms with Gasteiger partial charge in [-0.3, -0.25) is 15.4 Å². The van der Waals surface area contributed by atoms with E-state index in [0.717, 1.165) is 5.56 Å². The first kappa shape index (κ1) is 20.7. The van der Waals surface area contributed by atoms with Gasteiger partial charge in [0.05, 0.1) is 4.92 Å². The van der Waals surface area contributed by atoms with Crippen LogP contribution < -0.4 is 15.4 Å². The molecule has 0 saturated carbocycles. The van der Waals surface area contributed by atoms with Gasteiger partial charge >= 0.3 is 12.2 Å². The highest BCUT2D eigenvalue weighted by molar-refractivity contribution is 5.85. The minimum Gasteiger partial charge on any atom is -0.444 e. The zero-order chi connectivity index (χ0) is 20.7. The van der Waals surface area contributed by atoms with Crippen LogP contribution in [0.3, 0.4) is 0 Å². The molecule has 2 amide bonds. The molecule has 0 bridgehead atoms. The van der Waals surface area contributed by atoms with Crippen molar-refractivity contribution in [1.29, 1.82) is 0 Å². The molecule has 9 nitrogen and oxygen atoms in total. The molecule has 28 heavy (non-hydrogen) atoms. The number of ether oxygens (including phenoxy) is 2. The number of hydrogen-bond donors (Lipinski definition) is 2. The number of amides is 2. The summed E-state index contributed by atoms with van der Waals surface area (Å²) in [5.74, 6) is 0.184. The Balaban J connectivity index is 1.87. The summed E-state index contributed by atoms with van der Waals surface area (Å²) in [6.07, 6.45) is -1.28. The van der Waals surface area contributed by atoms with Crippen LogP contribution >= 0.6 is 0 Å². The smallest absolute Gasteiger partial charge is 0.412 e. The van der Waals surface area contributed by atoms with E-state index in [-0.39, 0.29) is 18.0 Å². The molecule has 2 aromatic carbocycles. The summed E-state index contributed by atoms with van der Waals surface area (Å²) in [5, 5.41) is 15.8.